The smallest absolute Gasteiger partial charge is 0.220 e. The Morgan fingerprint density at radius 3 is 2.35 bits per heavy atom. The van der Waals surface area contributed by atoms with Gasteiger partial charge in [-0.15, -0.1) is 0 Å². The van der Waals surface area contributed by atoms with Crippen LogP contribution in [0.1, 0.15) is 11.1 Å². The Morgan fingerprint density at radius 1 is 0.950 bits per heavy atom. The van der Waals surface area contributed by atoms with Gasteiger partial charge in [-0.05, 0) is 31.8 Å². The minimum Gasteiger partial charge on any atom is -0.368 e. The van der Waals surface area contributed by atoms with Crippen molar-refractivity contribution in [2.24, 2.45) is 0 Å². The highest BCUT2D eigenvalue weighted by molar-refractivity contribution is 6.08. The fourth-order valence-corrected chi connectivity index (χ4v) is 4.86. The van der Waals surface area contributed by atoms with E-state index >= 15 is 0 Å². The van der Waals surface area contributed by atoms with Gasteiger partial charge in [-0.3, -0.25) is 9.20 Å². The molecule has 5 heterocycles. The fourth-order valence-electron chi connectivity index (χ4n) is 4.86. The van der Waals surface area contributed by atoms with E-state index in [0.717, 1.165) is 5.56 Å². The molecule has 0 aliphatic rings. The summed E-state index contributed by atoms with van der Waals surface area (Å²) in [4.78, 5) is 41.2. The van der Waals surface area contributed by atoms with E-state index in [1.165, 1.54) is 0 Å². The summed E-state index contributed by atoms with van der Waals surface area (Å²) in [7, 11) is 3.83. The number of benzene rings is 1. The van der Waals surface area contributed by atoms with Crippen molar-refractivity contribution in [3.63, 3.8) is 0 Å². The lowest BCUT2D eigenvalue weighted by molar-refractivity contribution is 0.401. The van der Waals surface area contributed by atoms with E-state index in [-0.39, 0.29) is 17.3 Å². The second-order valence-electron chi connectivity index (χ2n) is 9.60. The van der Waals surface area contributed by atoms with Gasteiger partial charge in [0.15, 0.2) is 5.43 Å². The van der Waals surface area contributed by atoms with Gasteiger partial charge in [-0.25, -0.2) is 24.9 Å². The number of pyridine rings is 1. The zero-order valence-electron chi connectivity index (χ0n) is 22.0. The van der Waals surface area contributed by atoms with Crippen LogP contribution >= 0.6 is 0 Å². The molecule has 0 aliphatic carbocycles. The monoisotopic (exact) mass is 533 g/mol. The van der Waals surface area contributed by atoms with E-state index in [9.17, 15) is 4.79 Å². The predicted molar refractivity (Wildman–Crippen MR) is 155 cm³/mol. The maximum Gasteiger partial charge on any atom is 0.220 e. The molecule has 200 valence electrons. The zero-order valence-corrected chi connectivity index (χ0v) is 22.0. The molecule has 0 atom stereocenters. The maximum absolute atomic E-state index is 14.1. The fraction of sp³-hybridized carbons (Fsp3) is 0.143. The molecule has 6 N–H and O–H groups in total. The molecule has 0 radical (unpaired) electrons. The Kier molecular flexibility index (Phi) is 6.28. The van der Waals surface area contributed by atoms with Gasteiger partial charge < -0.3 is 26.7 Å². The summed E-state index contributed by atoms with van der Waals surface area (Å²) >= 11 is 0. The lowest BCUT2D eigenvalue weighted by Gasteiger charge is -2.13. The van der Waals surface area contributed by atoms with Crippen LogP contribution in [0.4, 0.5) is 17.8 Å². The Bertz CT molecular complexity index is 1910. The predicted octanol–water partition coefficient (Wildman–Crippen LogP) is 2.93. The summed E-state index contributed by atoms with van der Waals surface area (Å²) in [6.45, 7) is 0.969. The summed E-state index contributed by atoms with van der Waals surface area (Å²) in [5.74, 6) is 0.740. The number of H-pyrrole nitrogens is 1. The molecular weight excluding hydrogens is 506 g/mol. The highest BCUT2D eigenvalue weighted by Gasteiger charge is 2.25. The van der Waals surface area contributed by atoms with Crippen LogP contribution in [-0.2, 0) is 13.1 Å². The van der Waals surface area contributed by atoms with Gasteiger partial charge in [-0.2, -0.15) is 0 Å². The Balaban J connectivity index is 1.73. The lowest BCUT2D eigenvalue weighted by atomic mass is 10.0. The second-order valence-corrected chi connectivity index (χ2v) is 9.60. The van der Waals surface area contributed by atoms with Crippen LogP contribution in [0.2, 0.25) is 0 Å². The quantitative estimate of drug-likeness (QED) is 0.239. The number of nitrogens with two attached hydrogens (primary N) is 2. The molecule has 12 heteroatoms. The van der Waals surface area contributed by atoms with Crippen molar-refractivity contribution < 1.29 is 0 Å². The van der Waals surface area contributed by atoms with Gasteiger partial charge in [0.1, 0.15) is 5.65 Å². The van der Waals surface area contributed by atoms with E-state index < -0.39 is 0 Å². The van der Waals surface area contributed by atoms with Gasteiger partial charge in [-0.1, -0.05) is 30.3 Å². The molecule has 0 saturated carbocycles. The maximum atomic E-state index is 14.1. The molecule has 0 aliphatic heterocycles. The lowest BCUT2D eigenvalue weighted by Crippen LogP contribution is -2.19. The number of aromatic nitrogens is 7. The van der Waals surface area contributed by atoms with Crippen molar-refractivity contribution in [3.05, 3.63) is 88.6 Å². The Labute approximate surface area is 228 Å². The second kappa shape index (κ2) is 10.1. The van der Waals surface area contributed by atoms with Gasteiger partial charge in [0, 0.05) is 54.6 Å². The van der Waals surface area contributed by atoms with Crippen molar-refractivity contribution in [3.8, 4) is 22.5 Å². The summed E-state index contributed by atoms with van der Waals surface area (Å²) in [5, 5.41) is 3.89. The van der Waals surface area contributed by atoms with Crippen molar-refractivity contribution in [1.82, 2.24) is 39.2 Å². The molecule has 0 spiro atoms. The molecule has 0 saturated heterocycles. The van der Waals surface area contributed by atoms with Gasteiger partial charge in [0.05, 0.1) is 22.3 Å². The molecule has 0 bridgehead atoms. The highest BCUT2D eigenvalue weighted by Crippen LogP contribution is 2.39. The van der Waals surface area contributed by atoms with Gasteiger partial charge >= 0.3 is 0 Å². The van der Waals surface area contributed by atoms with Crippen LogP contribution < -0.4 is 22.2 Å². The molecule has 0 unspecified atom stereocenters. The molecule has 6 aromatic rings. The molecule has 5 aromatic heterocycles. The van der Waals surface area contributed by atoms with E-state index in [4.69, 9.17) is 16.5 Å². The summed E-state index contributed by atoms with van der Waals surface area (Å²) in [5.41, 5.74) is 17.0. The molecule has 6 rings (SSSR count). The average molecular weight is 534 g/mol. The molecule has 40 heavy (non-hydrogen) atoms. The van der Waals surface area contributed by atoms with E-state index in [2.05, 4.69) is 30.2 Å². The normalized spacial score (nSPS) is 11.5. The van der Waals surface area contributed by atoms with Crippen molar-refractivity contribution in [1.29, 1.82) is 0 Å². The molecule has 1 aromatic carbocycles. The van der Waals surface area contributed by atoms with Crippen LogP contribution in [0.5, 0.6) is 0 Å². The van der Waals surface area contributed by atoms with Crippen LogP contribution in [0.3, 0.4) is 0 Å². The zero-order chi connectivity index (χ0) is 27.8. The third-order valence-corrected chi connectivity index (χ3v) is 6.52. The largest absolute Gasteiger partial charge is 0.368 e. The van der Waals surface area contributed by atoms with E-state index in [0.29, 0.717) is 63.7 Å². The van der Waals surface area contributed by atoms with Crippen LogP contribution in [-0.4, -0.2) is 53.3 Å². The Hall–Kier alpha value is -5.36. The van der Waals surface area contributed by atoms with Gasteiger partial charge in [0.2, 0.25) is 17.8 Å². The standard InChI is InChI=1S/C28H27N11O/c1-38(2)15-17-13-33-25-22(24(17)40)21(20-9-11-32-27(30)37-20)23-18(19-8-10-31-26(29)36-19)14-35-28(39(23)25)34-12-16-6-4-3-5-7-16/h3-11,13-14H,12,15H2,1-2H3,(H,33,40)(H,34,35)(H2,29,31,36)(H2,30,32,37). The van der Waals surface area contributed by atoms with Gasteiger partial charge in [0.25, 0.3) is 0 Å². The van der Waals surface area contributed by atoms with Crippen LogP contribution in [0.15, 0.2) is 72.0 Å². The first-order valence-electron chi connectivity index (χ1n) is 12.6. The first kappa shape index (κ1) is 24.9. The summed E-state index contributed by atoms with van der Waals surface area (Å²) in [6, 6.07) is 13.5. The highest BCUT2D eigenvalue weighted by atomic mass is 16.1. The molecule has 0 fully saturated rings. The van der Waals surface area contributed by atoms with E-state index in [1.807, 2.05) is 53.7 Å². The van der Waals surface area contributed by atoms with Crippen molar-refractivity contribution in [2.45, 2.75) is 13.1 Å². The minimum atomic E-state index is -0.125. The summed E-state index contributed by atoms with van der Waals surface area (Å²) < 4.78 is 1.89. The molecular formula is C28H27N11O. The Morgan fingerprint density at radius 2 is 1.65 bits per heavy atom. The van der Waals surface area contributed by atoms with Crippen LogP contribution in [0.25, 0.3) is 39.1 Å². The first-order valence-corrected chi connectivity index (χ1v) is 12.6. The van der Waals surface area contributed by atoms with Crippen LogP contribution in [0, 0.1) is 0 Å². The number of nitrogens with zero attached hydrogens (tertiary/aromatic N) is 7. The number of nitrogens with one attached hydrogen (secondary N) is 2. The number of rotatable bonds is 7. The summed E-state index contributed by atoms with van der Waals surface area (Å²) in [6.07, 6.45) is 6.61. The number of anilines is 3. The number of hydrogen-bond donors (Lipinski definition) is 4. The van der Waals surface area contributed by atoms with E-state index in [1.54, 1.807) is 36.9 Å². The molecule has 0 amide bonds. The minimum absolute atomic E-state index is 0.0928. The third-order valence-electron chi connectivity index (χ3n) is 6.52. The van der Waals surface area contributed by atoms with Crippen molar-refractivity contribution >= 4 is 34.4 Å². The average Bonchev–Trinajstić information content (AvgIpc) is 3.30. The number of hydrogen-bond acceptors (Lipinski definition) is 10. The topological polar surface area (TPSA) is 169 Å². The number of nitrogen functional groups attached to an aromatic ring is 2. The number of fused-ring (bicyclic) bond motifs is 3. The first-order chi connectivity index (χ1) is 19.4. The third kappa shape index (κ3) is 4.46. The SMILES string of the molecule is CN(C)Cc1c[nH]c2c(c(-c3ccnc(N)n3)c3c(-c4ccnc(N)n4)cnc(NCc4ccccc4)n32)c1=O. The molecule has 12 nitrogen and oxygen atoms in total. The number of aromatic amines is 1. The van der Waals surface area contributed by atoms with Crippen molar-refractivity contribution in [2.75, 3.05) is 30.9 Å².